The third-order valence-corrected chi connectivity index (χ3v) is 5.05. The van der Waals surface area contributed by atoms with Gasteiger partial charge in [-0.05, 0) is 36.8 Å². The lowest BCUT2D eigenvalue weighted by Crippen LogP contribution is -2.13. The van der Waals surface area contributed by atoms with Gasteiger partial charge in [-0.3, -0.25) is 4.79 Å². The molecule has 0 fully saturated rings. The quantitative estimate of drug-likeness (QED) is 0.568. The molecule has 1 aromatic heterocycles. The minimum absolute atomic E-state index is 0.0500. The maximum Gasteiger partial charge on any atom is 0.234 e. The number of aromatic amines is 1. The van der Waals surface area contributed by atoms with E-state index in [-0.39, 0.29) is 5.91 Å². The van der Waals surface area contributed by atoms with Crippen LogP contribution in [0.15, 0.2) is 64.2 Å². The summed E-state index contributed by atoms with van der Waals surface area (Å²) in [6, 6.07) is 17.8. The fourth-order valence-corrected chi connectivity index (χ4v) is 3.37. The molecule has 0 aliphatic rings. The summed E-state index contributed by atoms with van der Waals surface area (Å²) in [5.74, 6) is 0.263. The van der Waals surface area contributed by atoms with Crippen LogP contribution in [0.2, 0.25) is 0 Å². The van der Waals surface area contributed by atoms with Gasteiger partial charge in [-0.1, -0.05) is 58.0 Å². The van der Waals surface area contributed by atoms with E-state index in [0.717, 1.165) is 33.1 Å². The van der Waals surface area contributed by atoms with Crippen molar-refractivity contribution in [1.29, 1.82) is 0 Å². The van der Waals surface area contributed by atoms with Gasteiger partial charge in [0.1, 0.15) is 0 Å². The zero-order valence-electron chi connectivity index (χ0n) is 13.8. The zero-order chi connectivity index (χ0) is 17.6. The lowest BCUT2D eigenvalue weighted by molar-refractivity contribution is -0.113. The minimum atomic E-state index is -0.0500. The second-order valence-electron chi connectivity index (χ2n) is 5.62. The Hall–Kier alpha value is -2.05. The fourth-order valence-electron chi connectivity index (χ4n) is 2.36. The molecule has 3 aromatic rings. The highest BCUT2D eigenvalue weighted by atomic mass is 79.9. The summed E-state index contributed by atoms with van der Waals surface area (Å²) in [4.78, 5) is 19.9. The Kier molecular flexibility index (Phi) is 5.94. The van der Waals surface area contributed by atoms with Crippen molar-refractivity contribution in [3.8, 4) is 0 Å². The van der Waals surface area contributed by atoms with E-state index in [2.05, 4.69) is 43.3 Å². The van der Waals surface area contributed by atoms with Gasteiger partial charge in [-0.25, -0.2) is 4.98 Å². The summed E-state index contributed by atoms with van der Waals surface area (Å²) >= 11 is 4.78. The maximum atomic E-state index is 12.1. The van der Waals surface area contributed by atoms with E-state index < -0.39 is 0 Å². The lowest BCUT2D eigenvalue weighted by atomic mass is 10.1. The van der Waals surface area contributed by atoms with Crippen LogP contribution in [0.25, 0.3) is 0 Å². The molecular weight excluding hydrogens is 398 g/mol. The van der Waals surface area contributed by atoms with Crippen LogP contribution in [0.4, 0.5) is 5.69 Å². The first-order valence-electron chi connectivity index (χ1n) is 7.88. The molecule has 0 spiro atoms. The number of hydrogen-bond donors (Lipinski definition) is 2. The highest BCUT2D eigenvalue weighted by Gasteiger charge is 2.10. The average molecular weight is 416 g/mol. The number of aryl methyl sites for hydroxylation is 1. The van der Waals surface area contributed by atoms with Gasteiger partial charge in [0.15, 0.2) is 5.16 Å². The molecule has 2 aromatic carbocycles. The molecule has 128 valence electrons. The van der Waals surface area contributed by atoms with Gasteiger partial charge in [0.25, 0.3) is 0 Å². The number of aromatic nitrogens is 2. The van der Waals surface area contributed by atoms with E-state index in [1.165, 1.54) is 17.3 Å². The van der Waals surface area contributed by atoms with Crippen LogP contribution >= 0.6 is 27.7 Å². The topological polar surface area (TPSA) is 57.8 Å². The monoisotopic (exact) mass is 415 g/mol. The largest absolute Gasteiger partial charge is 0.337 e. The number of benzene rings is 2. The predicted molar refractivity (Wildman–Crippen MR) is 106 cm³/mol. The van der Waals surface area contributed by atoms with Gasteiger partial charge < -0.3 is 10.3 Å². The number of anilines is 1. The third kappa shape index (κ3) is 5.21. The second-order valence-corrected chi connectivity index (χ2v) is 7.50. The summed E-state index contributed by atoms with van der Waals surface area (Å²) in [6.07, 6.45) is 0.787. The first kappa shape index (κ1) is 17.8. The van der Waals surface area contributed by atoms with E-state index in [4.69, 9.17) is 0 Å². The number of nitrogens with zero attached hydrogens (tertiary/aromatic N) is 1. The normalized spacial score (nSPS) is 10.6. The molecule has 0 aliphatic carbocycles. The molecule has 0 bridgehead atoms. The lowest BCUT2D eigenvalue weighted by Gasteiger charge is -2.04. The molecule has 1 heterocycles. The molecule has 2 N–H and O–H groups in total. The van der Waals surface area contributed by atoms with Crippen LogP contribution < -0.4 is 5.32 Å². The van der Waals surface area contributed by atoms with Crippen molar-refractivity contribution in [2.24, 2.45) is 0 Å². The maximum absolute atomic E-state index is 12.1. The van der Waals surface area contributed by atoms with Crippen molar-refractivity contribution in [3.05, 3.63) is 76.0 Å². The Bertz CT molecular complexity index is 847. The molecule has 4 nitrogen and oxygen atoms in total. The summed E-state index contributed by atoms with van der Waals surface area (Å²) in [5, 5.41) is 3.65. The number of hydrogen-bond acceptors (Lipinski definition) is 3. The Balaban J connectivity index is 1.55. The molecule has 0 aliphatic heterocycles. The minimum Gasteiger partial charge on any atom is -0.337 e. The van der Waals surface area contributed by atoms with Crippen molar-refractivity contribution in [2.45, 2.75) is 18.5 Å². The predicted octanol–water partition coefficient (Wildman–Crippen LogP) is 4.80. The number of carbonyl (C=O) groups excluding carboxylic acids is 1. The van der Waals surface area contributed by atoms with E-state index in [9.17, 15) is 4.79 Å². The molecule has 0 radical (unpaired) electrons. The Morgan fingerprint density at radius 3 is 2.60 bits per heavy atom. The second kappa shape index (κ2) is 8.36. The Morgan fingerprint density at radius 1 is 1.16 bits per heavy atom. The fraction of sp³-hybridized carbons (Fsp3) is 0.158. The number of imidazole rings is 1. The number of halogens is 1. The summed E-state index contributed by atoms with van der Waals surface area (Å²) in [5.41, 5.74) is 4.07. The van der Waals surface area contributed by atoms with Crippen LogP contribution in [0.5, 0.6) is 0 Å². The van der Waals surface area contributed by atoms with Gasteiger partial charge in [0, 0.05) is 22.3 Å². The molecule has 25 heavy (non-hydrogen) atoms. The average Bonchev–Trinajstić information content (AvgIpc) is 2.96. The number of thioether (sulfide) groups is 1. The van der Waals surface area contributed by atoms with Gasteiger partial charge in [-0.2, -0.15) is 0 Å². The van der Waals surface area contributed by atoms with Crippen molar-refractivity contribution < 1.29 is 4.79 Å². The van der Waals surface area contributed by atoms with Gasteiger partial charge in [0.05, 0.1) is 11.4 Å². The van der Waals surface area contributed by atoms with Crippen LogP contribution in [0.3, 0.4) is 0 Å². The van der Waals surface area contributed by atoms with Crippen molar-refractivity contribution in [3.63, 3.8) is 0 Å². The number of carbonyl (C=O) groups is 1. The van der Waals surface area contributed by atoms with Crippen molar-refractivity contribution in [1.82, 2.24) is 9.97 Å². The molecule has 0 saturated heterocycles. The van der Waals surface area contributed by atoms with Crippen LogP contribution in [0.1, 0.15) is 17.0 Å². The van der Waals surface area contributed by atoms with Crippen LogP contribution in [-0.2, 0) is 11.2 Å². The Morgan fingerprint density at radius 2 is 1.88 bits per heavy atom. The van der Waals surface area contributed by atoms with E-state index in [1.807, 2.05) is 49.4 Å². The first-order chi connectivity index (χ1) is 12.1. The SMILES string of the molecule is Cc1[nH]c(SCC(=O)Nc2ccc(Br)cc2)nc1Cc1ccccc1. The van der Waals surface area contributed by atoms with E-state index in [0.29, 0.717) is 5.75 Å². The molecule has 0 unspecified atom stereocenters. The molecule has 1 amide bonds. The van der Waals surface area contributed by atoms with Gasteiger partial charge in [-0.15, -0.1) is 0 Å². The van der Waals surface area contributed by atoms with Gasteiger partial charge in [0.2, 0.25) is 5.91 Å². The summed E-state index contributed by atoms with van der Waals surface area (Å²) in [7, 11) is 0. The van der Waals surface area contributed by atoms with Crippen LogP contribution in [-0.4, -0.2) is 21.6 Å². The van der Waals surface area contributed by atoms with E-state index >= 15 is 0 Å². The number of H-pyrrole nitrogens is 1. The number of nitrogens with one attached hydrogen (secondary N) is 2. The number of rotatable bonds is 6. The zero-order valence-corrected chi connectivity index (χ0v) is 16.2. The van der Waals surface area contributed by atoms with Crippen molar-refractivity contribution >= 4 is 39.3 Å². The molecule has 0 saturated carbocycles. The van der Waals surface area contributed by atoms with Gasteiger partial charge >= 0.3 is 0 Å². The highest BCUT2D eigenvalue weighted by molar-refractivity contribution is 9.10. The van der Waals surface area contributed by atoms with E-state index in [1.54, 1.807) is 0 Å². The third-order valence-electron chi connectivity index (χ3n) is 3.65. The molecule has 3 rings (SSSR count). The van der Waals surface area contributed by atoms with Crippen molar-refractivity contribution in [2.75, 3.05) is 11.1 Å². The molecule has 0 atom stereocenters. The highest BCUT2D eigenvalue weighted by Crippen LogP contribution is 2.20. The Labute approximate surface area is 159 Å². The van der Waals surface area contributed by atoms with Crippen LogP contribution in [0, 0.1) is 6.92 Å². The number of amides is 1. The summed E-state index contributed by atoms with van der Waals surface area (Å²) in [6.45, 7) is 2.01. The standard InChI is InChI=1S/C19H18BrN3OS/c1-13-17(11-14-5-3-2-4-6-14)23-19(21-13)25-12-18(24)22-16-9-7-15(20)8-10-16/h2-10H,11-12H2,1H3,(H,21,23)(H,22,24). The summed E-state index contributed by atoms with van der Waals surface area (Å²) < 4.78 is 0.983. The smallest absolute Gasteiger partial charge is 0.234 e. The molecule has 6 heteroatoms. The molecular formula is C19H18BrN3OS. The first-order valence-corrected chi connectivity index (χ1v) is 9.65.